The summed E-state index contributed by atoms with van der Waals surface area (Å²) in [5, 5.41) is 7.79. The fourth-order valence-electron chi connectivity index (χ4n) is 4.99. The van der Waals surface area contributed by atoms with Gasteiger partial charge in [0.1, 0.15) is 29.4 Å². The number of nitrogens with zero attached hydrogens (tertiary/aromatic N) is 5. The van der Waals surface area contributed by atoms with Gasteiger partial charge in [-0.15, -0.1) is 0 Å². The van der Waals surface area contributed by atoms with Gasteiger partial charge in [0.05, 0.1) is 48.2 Å². The van der Waals surface area contributed by atoms with Gasteiger partial charge in [0.25, 0.3) is 5.91 Å². The van der Waals surface area contributed by atoms with E-state index in [0.29, 0.717) is 41.6 Å². The maximum Gasteiger partial charge on any atom is 0.416 e. The monoisotopic (exact) mass is 607 g/mol. The van der Waals surface area contributed by atoms with E-state index in [0.717, 1.165) is 30.5 Å². The number of benzene rings is 3. The van der Waals surface area contributed by atoms with Gasteiger partial charge in [-0.1, -0.05) is 6.07 Å². The molecule has 1 aliphatic rings. The molecule has 1 aliphatic heterocycles. The summed E-state index contributed by atoms with van der Waals surface area (Å²) in [6.45, 7) is 2.94. The number of alkyl halides is 3. The van der Waals surface area contributed by atoms with Crippen LogP contribution in [0.4, 0.5) is 34.8 Å². The SMILES string of the molecule is COc1cc(-c2nn(-c3ccc(N4CCOCC4)cc3)c3ncnc(N)c23)ccc1NC(=O)c1ccc(C(F)(F)F)cc1F. The average molecular weight is 608 g/mol. The highest BCUT2D eigenvalue weighted by Gasteiger charge is 2.32. The standard InChI is InChI=1S/C30H25F4N7O3/c1-43-24-14-17(2-9-23(24)38-29(42)21-8-3-18(15-22(21)31)30(32,33)34)26-25-27(35)36-16-37-28(25)41(39-26)20-6-4-19(5-7-20)40-10-12-44-13-11-40/h2-9,14-16H,10-13H2,1H3,(H,38,42)(H2,35,36,37). The molecule has 44 heavy (non-hydrogen) atoms. The van der Waals surface area contributed by atoms with Gasteiger partial charge in [-0.05, 0) is 54.6 Å². The third-order valence-corrected chi connectivity index (χ3v) is 7.23. The molecule has 5 aromatic rings. The first-order valence-electron chi connectivity index (χ1n) is 13.4. The van der Waals surface area contributed by atoms with Gasteiger partial charge in [-0.3, -0.25) is 4.79 Å². The summed E-state index contributed by atoms with van der Waals surface area (Å²) < 4.78 is 65.7. The fraction of sp³-hybridized carbons (Fsp3) is 0.200. The molecule has 1 fully saturated rings. The predicted octanol–water partition coefficient (Wildman–Crippen LogP) is 5.32. The second-order valence-electron chi connectivity index (χ2n) is 9.90. The third-order valence-electron chi connectivity index (χ3n) is 7.23. The molecule has 0 spiro atoms. The molecule has 0 aliphatic carbocycles. The molecular weight excluding hydrogens is 582 g/mol. The summed E-state index contributed by atoms with van der Waals surface area (Å²) in [5.41, 5.74) is 7.94. The molecule has 3 heterocycles. The number of fused-ring (bicyclic) bond motifs is 1. The lowest BCUT2D eigenvalue weighted by Gasteiger charge is -2.28. The lowest BCUT2D eigenvalue weighted by molar-refractivity contribution is -0.137. The van der Waals surface area contributed by atoms with Crippen LogP contribution in [0.3, 0.4) is 0 Å². The Balaban J connectivity index is 1.32. The van der Waals surface area contributed by atoms with Gasteiger partial charge in [-0.25, -0.2) is 19.0 Å². The largest absolute Gasteiger partial charge is 0.495 e. The smallest absolute Gasteiger partial charge is 0.416 e. The van der Waals surface area contributed by atoms with E-state index in [-0.39, 0.29) is 23.3 Å². The number of morpholine rings is 1. The number of amides is 1. The van der Waals surface area contributed by atoms with E-state index >= 15 is 0 Å². The van der Waals surface area contributed by atoms with Crippen LogP contribution >= 0.6 is 0 Å². The number of rotatable bonds is 6. The number of halogens is 4. The van der Waals surface area contributed by atoms with Crippen molar-refractivity contribution in [3.8, 4) is 22.7 Å². The highest BCUT2D eigenvalue weighted by atomic mass is 19.4. The molecule has 10 nitrogen and oxygen atoms in total. The van der Waals surface area contributed by atoms with Crippen LogP contribution in [0, 0.1) is 5.82 Å². The lowest BCUT2D eigenvalue weighted by atomic mass is 10.1. The molecule has 0 atom stereocenters. The maximum absolute atomic E-state index is 14.4. The number of hydrogen-bond donors (Lipinski definition) is 2. The number of nitrogen functional groups attached to an aromatic ring is 1. The number of methoxy groups -OCH3 is 1. The van der Waals surface area contributed by atoms with Gasteiger partial charge in [0.15, 0.2) is 5.65 Å². The Morgan fingerprint density at radius 2 is 1.73 bits per heavy atom. The Labute approximate surface area is 248 Å². The van der Waals surface area contributed by atoms with Crippen molar-refractivity contribution in [2.75, 3.05) is 49.4 Å². The first kappa shape index (κ1) is 28.9. The summed E-state index contributed by atoms with van der Waals surface area (Å²) in [7, 11) is 1.37. The van der Waals surface area contributed by atoms with Gasteiger partial charge in [0, 0.05) is 24.3 Å². The van der Waals surface area contributed by atoms with Gasteiger partial charge in [0.2, 0.25) is 0 Å². The Bertz CT molecular complexity index is 1850. The van der Waals surface area contributed by atoms with Crippen molar-refractivity contribution in [2.45, 2.75) is 6.18 Å². The van der Waals surface area contributed by atoms with Crippen LogP contribution in [0.2, 0.25) is 0 Å². The molecular formula is C30H25F4N7O3. The molecule has 0 saturated carbocycles. The van der Waals surface area contributed by atoms with E-state index in [9.17, 15) is 22.4 Å². The van der Waals surface area contributed by atoms with Crippen LogP contribution in [0.1, 0.15) is 15.9 Å². The predicted molar refractivity (Wildman–Crippen MR) is 155 cm³/mol. The van der Waals surface area contributed by atoms with Crippen LogP contribution in [-0.2, 0) is 10.9 Å². The van der Waals surface area contributed by atoms with Crippen molar-refractivity contribution in [3.05, 3.63) is 83.9 Å². The molecule has 0 bridgehead atoms. The molecule has 3 aromatic carbocycles. The molecule has 1 amide bonds. The summed E-state index contributed by atoms with van der Waals surface area (Å²) in [6, 6.07) is 14.3. The second kappa shape index (κ2) is 11.4. The lowest BCUT2D eigenvalue weighted by Crippen LogP contribution is -2.36. The number of anilines is 3. The molecule has 2 aromatic heterocycles. The number of nitrogens with one attached hydrogen (secondary N) is 1. The molecule has 1 saturated heterocycles. The first-order valence-corrected chi connectivity index (χ1v) is 13.4. The number of nitrogens with two attached hydrogens (primary N) is 1. The highest BCUT2D eigenvalue weighted by molar-refractivity contribution is 6.06. The summed E-state index contributed by atoms with van der Waals surface area (Å²) in [4.78, 5) is 23.6. The van der Waals surface area contributed by atoms with Gasteiger partial charge < -0.3 is 25.4 Å². The van der Waals surface area contributed by atoms with E-state index in [4.69, 9.17) is 20.3 Å². The van der Waals surface area contributed by atoms with E-state index < -0.39 is 29.0 Å². The Morgan fingerprint density at radius 1 is 1.00 bits per heavy atom. The molecule has 3 N–H and O–H groups in total. The van der Waals surface area contributed by atoms with Gasteiger partial charge in [-0.2, -0.15) is 18.3 Å². The molecule has 0 unspecified atom stereocenters. The van der Waals surface area contributed by atoms with E-state index in [1.54, 1.807) is 16.8 Å². The van der Waals surface area contributed by atoms with Crippen LogP contribution in [0.15, 0.2) is 67.0 Å². The van der Waals surface area contributed by atoms with Crippen LogP contribution < -0.4 is 20.7 Å². The highest BCUT2D eigenvalue weighted by Crippen LogP contribution is 2.37. The van der Waals surface area contributed by atoms with E-state index in [1.165, 1.54) is 19.5 Å². The number of hydrogen-bond acceptors (Lipinski definition) is 8. The molecule has 0 radical (unpaired) electrons. The van der Waals surface area contributed by atoms with Crippen molar-refractivity contribution in [1.29, 1.82) is 0 Å². The molecule has 6 rings (SSSR count). The summed E-state index contributed by atoms with van der Waals surface area (Å²) >= 11 is 0. The number of carbonyl (C=O) groups excluding carboxylic acids is 1. The molecule has 226 valence electrons. The average Bonchev–Trinajstić information content (AvgIpc) is 3.42. The minimum atomic E-state index is -4.74. The minimum absolute atomic E-state index is 0.159. The normalized spacial score (nSPS) is 13.7. The third kappa shape index (κ3) is 5.46. The zero-order valence-electron chi connectivity index (χ0n) is 23.2. The van der Waals surface area contributed by atoms with Crippen molar-refractivity contribution in [3.63, 3.8) is 0 Å². The van der Waals surface area contributed by atoms with Crippen molar-refractivity contribution >= 4 is 34.1 Å². The van der Waals surface area contributed by atoms with Crippen LogP contribution in [0.5, 0.6) is 5.75 Å². The van der Waals surface area contributed by atoms with E-state index in [1.807, 2.05) is 24.3 Å². The Hall–Kier alpha value is -5.24. The van der Waals surface area contributed by atoms with E-state index in [2.05, 4.69) is 20.2 Å². The number of aromatic nitrogens is 4. The van der Waals surface area contributed by atoms with Crippen molar-refractivity contribution in [1.82, 2.24) is 19.7 Å². The topological polar surface area (TPSA) is 120 Å². The first-order chi connectivity index (χ1) is 21.1. The number of ether oxygens (including phenoxy) is 2. The Morgan fingerprint density at radius 3 is 2.41 bits per heavy atom. The van der Waals surface area contributed by atoms with Crippen molar-refractivity contribution < 1.29 is 31.8 Å². The molecule has 14 heteroatoms. The van der Waals surface area contributed by atoms with Gasteiger partial charge >= 0.3 is 6.18 Å². The quantitative estimate of drug-likeness (QED) is 0.249. The summed E-state index contributed by atoms with van der Waals surface area (Å²) in [5.74, 6) is -1.86. The minimum Gasteiger partial charge on any atom is -0.495 e. The van der Waals surface area contributed by atoms with Crippen LogP contribution in [-0.4, -0.2) is 59.1 Å². The number of carbonyl (C=O) groups is 1. The van der Waals surface area contributed by atoms with Crippen LogP contribution in [0.25, 0.3) is 28.0 Å². The second-order valence-corrected chi connectivity index (χ2v) is 9.90. The maximum atomic E-state index is 14.4. The zero-order chi connectivity index (χ0) is 31.0. The van der Waals surface area contributed by atoms with Crippen molar-refractivity contribution in [2.24, 2.45) is 0 Å². The summed E-state index contributed by atoms with van der Waals surface area (Å²) in [6.07, 6.45) is -3.39. The fourth-order valence-corrected chi connectivity index (χ4v) is 4.99. The Kier molecular flexibility index (Phi) is 7.51. The zero-order valence-corrected chi connectivity index (χ0v) is 23.2.